The number of aromatic amines is 2. The second kappa shape index (κ2) is 5.73. The molecule has 0 atom stereocenters. The van der Waals surface area contributed by atoms with E-state index in [0.29, 0.717) is 5.82 Å². The standard InChI is InChI=1S/C17H15N3O2/c1-20(15-11-16(21)19-17(22)18-15)14-9-5-8-13(10-14)12-6-3-2-4-7-12/h2-11H,1H3,(H2,18,19,21,22). The average molecular weight is 293 g/mol. The number of hydrogen-bond donors (Lipinski definition) is 2. The van der Waals surface area contributed by atoms with Crippen LogP contribution in [0, 0.1) is 0 Å². The van der Waals surface area contributed by atoms with E-state index in [0.717, 1.165) is 16.8 Å². The molecule has 1 heterocycles. The summed E-state index contributed by atoms with van der Waals surface area (Å²) in [5, 5.41) is 0. The molecule has 2 aromatic carbocycles. The Bertz CT molecular complexity index is 869. The molecule has 1 aromatic heterocycles. The predicted molar refractivity (Wildman–Crippen MR) is 87.6 cm³/mol. The first kappa shape index (κ1) is 13.9. The van der Waals surface area contributed by atoms with Gasteiger partial charge in [0.15, 0.2) is 0 Å². The first-order valence-corrected chi connectivity index (χ1v) is 6.86. The second-order valence-electron chi connectivity index (χ2n) is 4.95. The Morgan fingerprint density at radius 2 is 1.55 bits per heavy atom. The highest BCUT2D eigenvalue weighted by molar-refractivity contribution is 5.70. The topological polar surface area (TPSA) is 69.0 Å². The highest BCUT2D eigenvalue weighted by atomic mass is 16.2. The SMILES string of the molecule is CN(c1cccc(-c2ccccc2)c1)c1cc(=O)[nH]c(=O)[nH]1. The lowest BCUT2D eigenvalue weighted by Crippen LogP contribution is -2.25. The quantitative estimate of drug-likeness (QED) is 0.779. The number of anilines is 2. The van der Waals surface area contributed by atoms with Crippen molar-refractivity contribution < 1.29 is 0 Å². The van der Waals surface area contributed by atoms with E-state index in [4.69, 9.17) is 0 Å². The molecule has 0 radical (unpaired) electrons. The van der Waals surface area contributed by atoms with E-state index >= 15 is 0 Å². The zero-order chi connectivity index (χ0) is 15.5. The normalized spacial score (nSPS) is 10.4. The molecule has 110 valence electrons. The molecular formula is C17H15N3O2. The van der Waals surface area contributed by atoms with Gasteiger partial charge < -0.3 is 4.90 Å². The van der Waals surface area contributed by atoms with E-state index in [2.05, 4.69) is 9.97 Å². The van der Waals surface area contributed by atoms with Gasteiger partial charge in [0, 0.05) is 18.8 Å². The minimum absolute atomic E-state index is 0.426. The number of H-pyrrole nitrogens is 2. The Morgan fingerprint density at radius 3 is 2.27 bits per heavy atom. The molecule has 0 amide bonds. The highest BCUT2D eigenvalue weighted by Gasteiger charge is 2.07. The van der Waals surface area contributed by atoms with Crippen molar-refractivity contribution in [2.75, 3.05) is 11.9 Å². The Labute approximate surface area is 126 Å². The predicted octanol–water partition coefficient (Wildman–Crippen LogP) is 2.50. The summed E-state index contributed by atoms with van der Waals surface area (Å²) in [5.74, 6) is 0.443. The molecule has 0 fully saturated rings. The van der Waals surface area contributed by atoms with Crippen LogP contribution in [0.2, 0.25) is 0 Å². The maximum Gasteiger partial charge on any atom is 0.327 e. The van der Waals surface area contributed by atoms with Gasteiger partial charge >= 0.3 is 5.69 Å². The second-order valence-corrected chi connectivity index (χ2v) is 4.95. The summed E-state index contributed by atoms with van der Waals surface area (Å²) >= 11 is 0. The molecule has 0 saturated carbocycles. The van der Waals surface area contributed by atoms with Crippen molar-refractivity contribution in [2.24, 2.45) is 0 Å². The van der Waals surface area contributed by atoms with Crippen LogP contribution in [0.1, 0.15) is 0 Å². The molecule has 0 aliphatic carbocycles. The lowest BCUT2D eigenvalue weighted by atomic mass is 10.1. The zero-order valence-corrected chi connectivity index (χ0v) is 12.0. The van der Waals surface area contributed by atoms with Crippen LogP contribution in [0.4, 0.5) is 11.5 Å². The maximum absolute atomic E-state index is 11.4. The zero-order valence-electron chi connectivity index (χ0n) is 12.0. The van der Waals surface area contributed by atoms with Crippen LogP contribution in [0.3, 0.4) is 0 Å². The van der Waals surface area contributed by atoms with Crippen LogP contribution in [0.25, 0.3) is 11.1 Å². The molecule has 0 aliphatic heterocycles. The molecule has 0 unspecified atom stereocenters. The van der Waals surface area contributed by atoms with Gasteiger partial charge in [-0.25, -0.2) is 4.79 Å². The van der Waals surface area contributed by atoms with Gasteiger partial charge in [0.2, 0.25) is 0 Å². The van der Waals surface area contributed by atoms with Crippen molar-refractivity contribution >= 4 is 11.5 Å². The Balaban J connectivity index is 2.01. The van der Waals surface area contributed by atoms with Gasteiger partial charge in [-0.2, -0.15) is 0 Å². The molecule has 5 heteroatoms. The number of hydrogen-bond acceptors (Lipinski definition) is 3. The minimum Gasteiger partial charge on any atom is -0.331 e. The number of benzene rings is 2. The molecule has 0 saturated heterocycles. The third-order valence-corrected chi connectivity index (χ3v) is 3.45. The summed E-state index contributed by atoms with van der Waals surface area (Å²) < 4.78 is 0. The van der Waals surface area contributed by atoms with Crippen molar-refractivity contribution in [2.45, 2.75) is 0 Å². The Hall–Kier alpha value is -3.08. The first-order valence-electron chi connectivity index (χ1n) is 6.86. The highest BCUT2D eigenvalue weighted by Crippen LogP contribution is 2.26. The van der Waals surface area contributed by atoms with Crippen LogP contribution in [0.5, 0.6) is 0 Å². The molecular weight excluding hydrogens is 278 g/mol. The number of nitrogens with zero attached hydrogens (tertiary/aromatic N) is 1. The van der Waals surface area contributed by atoms with Gasteiger partial charge in [0.1, 0.15) is 5.82 Å². The largest absolute Gasteiger partial charge is 0.331 e. The number of aromatic nitrogens is 2. The summed E-state index contributed by atoms with van der Waals surface area (Å²) in [7, 11) is 1.80. The average Bonchev–Trinajstić information content (AvgIpc) is 2.54. The van der Waals surface area contributed by atoms with Crippen molar-refractivity contribution in [3.63, 3.8) is 0 Å². The van der Waals surface area contributed by atoms with E-state index in [1.165, 1.54) is 6.07 Å². The van der Waals surface area contributed by atoms with Crippen LogP contribution >= 0.6 is 0 Å². The van der Waals surface area contributed by atoms with Crippen LogP contribution in [0.15, 0.2) is 70.3 Å². The van der Waals surface area contributed by atoms with E-state index in [1.54, 1.807) is 11.9 Å². The van der Waals surface area contributed by atoms with E-state index < -0.39 is 11.2 Å². The maximum atomic E-state index is 11.4. The van der Waals surface area contributed by atoms with Gasteiger partial charge in [0.25, 0.3) is 5.56 Å². The molecule has 3 aromatic rings. The fraction of sp³-hybridized carbons (Fsp3) is 0.0588. The van der Waals surface area contributed by atoms with E-state index in [1.807, 2.05) is 54.6 Å². The summed E-state index contributed by atoms with van der Waals surface area (Å²) in [4.78, 5) is 29.4. The molecule has 0 aliphatic rings. The van der Waals surface area contributed by atoms with Gasteiger partial charge in [-0.05, 0) is 23.3 Å². The number of rotatable bonds is 3. The molecule has 0 bridgehead atoms. The van der Waals surface area contributed by atoms with E-state index in [-0.39, 0.29) is 0 Å². The molecule has 22 heavy (non-hydrogen) atoms. The molecule has 0 spiro atoms. The van der Waals surface area contributed by atoms with Gasteiger partial charge in [-0.3, -0.25) is 14.8 Å². The summed E-state index contributed by atoms with van der Waals surface area (Å²) in [6.07, 6.45) is 0. The minimum atomic E-state index is -0.520. The smallest absolute Gasteiger partial charge is 0.327 e. The van der Waals surface area contributed by atoms with Crippen molar-refractivity contribution in [1.82, 2.24) is 9.97 Å². The third-order valence-electron chi connectivity index (χ3n) is 3.45. The Kier molecular flexibility index (Phi) is 3.62. The van der Waals surface area contributed by atoms with Gasteiger partial charge in [-0.1, -0.05) is 42.5 Å². The molecule has 2 N–H and O–H groups in total. The van der Waals surface area contributed by atoms with Gasteiger partial charge in [-0.15, -0.1) is 0 Å². The lowest BCUT2D eigenvalue weighted by Gasteiger charge is -2.19. The summed E-state index contributed by atoms with van der Waals surface area (Å²) in [6, 6.07) is 19.3. The van der Waals surface area contributed by atoms with Crippen molar-refractivity contribution in [3.8, 4) is 11.1 Å². The van der Waals surface area contributed by atoms with Crippen LogP contribution in [-0.2, 0) is 0 Å². The fourth-order valence-corrected chi connectivity index (χ4v) is 2.30. The van der Waals surface area contributed by atoms with Crippen LogP contribution in [-0.4, -0.2) is 17.0 Å². The Morgan fingerprint density at radius 1 is 0.818 bits per heavy atom. The van der Waals surface area contributed by atoms with Gasteiger partial charge in [0.05, 0.1) is 0 Å². The monoisotopic (exact) mass is 293 g/mol. The summed E-state index contributed by atoms with van der Waals surface area (Å²) in [5.41, 5.74) is 2.11. The van der Waals surface area contributed by atoms with E-state index in [9.17, 15) is 9.59 Å². The molecule has 3 rings (SSSR count). The van der Waals surface area contributed by atoms with Crippen molar-refractivity contribution in [1.29, 1.82) is 0 Å². The third kappa shape index (κ3) is 2.83. The molecule has 5 nitrogen and oxygen atoms in total. The summed E-state index contributed by atoms with van der Waals surface area (Å²) in [6.45, 7) is 0. The van der Waals surface area contributed by atoms with Crippen molar-refractivity contribution in [3.05, 3.63) is 81.5 Å². The fourth-order valence-electron chi connectivity index (χ4n) is 2.30. The lowest BCUT2D eigenvalue weighted by molar-refractivity contribution is 0.999. The number of nitrogens with one attached hydrogen (secondary N) is 2. The first-order chi connectivity index (χ1) is 10.6. The van der Waals surface area contributed by atoms with Crippen LogP contribution < -0.4 is 16.1 Å².